The van der Waals surface area contributed by atoms with Crippen molar-refractivity contribution < 1.29 is 9.53 Å². The highest BCUT2D eigenvalue weighted by atomic mass is 16.5. The van der Waals surface area contributed by atoms with Crippen LogP contribution >= 0.6 is 0 Å². The van der Waals surface area contributed by atoms with Gasteiger partial charge in [0.2, 0.25) is 0 Å². The maximum atomic E-state index is 12.2. The molecule has 2 unspecified atom stereocenters. The largest absolute Gasteiger partial charge is 0.381 e. The van der Waals surface area contributed by atoms with Gasteiger partial charge in [-0.05, 0) is 37.2 Å². The lowest BCUT2D eigenvalue weighted by Crippen LogP contribution is -2.28. The van der Waals surface area contributed by atoms with Crippen molar-refractivity contribution >= 4 is 5.78 Å². The summed E-state index contributed by atoms with van der Waals surface area (Å²) in [6.45, 7) is 4.38. The number of ketones is 1. The predicted octanol–water partition coefficient (Wildman–Crippen LogP) is 3.38. The summed E-state index contributed by atoms with van der Waals surface area (Å²) in [7, 11) is 1.80. The van der Waals surface area contributed by atoms with Crippen LogP contribution in [-0.4, -0.2) is 23.6 Å². The Kier molecular flexibility index (Phi) is 3.05. The molecule has 1 heterocycles. The van der Waals surface area contributed by atoms with E-state index in [1.54, 1.807) is 7.11 Å². The van der Waals surface area contributed by atoms with Crippen LogP contribution in [0.15, 0.2) is 12.3 Å². The minimum atomic E-state index is 0.0967. The van der Waals surface area contributed by atoms with Crippen LogP contribution in [0.2, 0.25) is 0 Å². The molecule has 0 aromatic carbocycles. The summed E-state index contributed by atoms with van der Waals surface area (Å²) in [6, 6.07) is 2.53. The van der Waals surface area contributed by atoms with Crippen LogP contribution in [0.1, 0.15) is 61.6 Å². The highest BCUT2D eigenvalue weighted by Gasteiger charge is 2.35. The second kappa shape index (κ2) is 4.48. The molecule has 2 aliphatic rings. The summed E-state index contributed by atoms with van der Waals surface area (Å²) in [4.78, 5) is 12.2. The molecule has 19 heavy (non-hydrogen) atoms. The number of fused-ring (bicyclic) bond motifs is 1. The van der Waals surface area contributed by atoms with Crippen molar-refractivity contribution in [3.63, 3.8) is 0 Å². The average molecular weight is 261 g/mol. The first-order valence-electron chi connectivity index (χ1n) is 7.26. The van der Waals surface area contributed by atoms with Gasteiger partial charge < -0.3 is 9.30 Å². The molecule has 3 heteroatoms. The van der Waals surface area contributed by atoms with Crippen LogP contribution in [0.3, 0.4) is 0 Å². The zero-order chi connectivity index (χ0) is 13.6. The Labute approximate surface area is 114 Å². The number of hydrogen-bond acceptors (Lipinski definition) is 2. The van der Waals surface area contributed by atoms with Crippen molar-refractivity contribution in [1.82, 2.24) is 4.57 Å². The predicted molar refractivity (Wildman–Crippen MR) is 74.5 cm³/mol. The van der Waals surface area contributed by atoms with Gasteiger partial charge >= 0.3 is 0 Å². The third-order valence-electron chi connectivity index (χ3n) is 4.69. The Hall–Kier alpha value is -1.09. The molecule has 1 aromatic rings. The Bertz CT molecular complexity index is 501. The van der Waals surface area contributed by atoms with Crippen LogP contribution in [0.4, 0.5) is 0 Å². The van der Waals surface area contributed by atoms with E-state index in [4.69, 9.17) is 4.74 Å². The zero-order valence-corrected chi connectivity index (χ0v) is 12.1. The number of methoxy groups -OCH3 is 1. The van der Waals surface area contributed by atoms with E-state index in [1.807, 2.05) is 6.07 Å². The zero-order valence-electron chi connectivity index (χ0n) is 12.1. The quantitative estimate of drug-likeness (QED) is 0.817. The molecule has 1 fully saturated rings. The number of carbonyl (C=O) groups excluding carboxylic acids is 1. The molecule has 0 amide bonds. The van der Waals surface area contributed by atoms with Gasteiger partial charge in [0.05, 0.1) is 6.10 Å². The smallest absolute Gasteiger partial charge is 0.165 e. The first kappa shape index (κ1) is 12.9. The lowest BCUT2D eigenvalue weighted by molar-refractivity contribution is 0.0908. The maximum Gasteiger partial charge on any atom is 0.165 e. The third kappa shape index (κ3) is 2.25. The minimum Gasteiger partial charge on any atom is -0.381 e. The van der Waals surface area contributed by atoms with Crippen molar-refractivity contribution in [2.24, 2.45) is 5.41 Å². The van der Waals surface area contributed by atoms with Gasteiger partial charge in [-0.3, -0.25) is 4.79 Å². The van der Waals surface area contributed by atoms with E-state index < -0.39 is 0 Å². The van der Waals surface area contributed by atoms with Gasteiger partial charge in [0.15, 0.2) is 5.78 Å². The first-order chi connectivity index (χ1) is 9.00. The second-order valence-corrected chi connectivity index (χ2v) is 6.85. The highest BCUT2D eigenvalue weighted by Crippen LogP contribution is 2.39. The number of ether oxygens (including phenoxy) is 1. The number of hydrogen-bond donors (Lipinski definition) is 0. The SMILES string of the molecule is COC1CCC(n2ccc3c2CC(C)(C)CC3=O)C1. The minimum absolute atomic E-state index is 0.0967. The van der Waals surface area contributed by atoms with E-state index in [2.05, 4.69) is 24.6 Å². The molecule has 2 atom stereocenters. The van der Waals surface area contributed by atoms with Gasteiger partial charge in [0.1, 0.15) is 0 Å². The van der Waals surface area contributed by atoms with Crippen LogP contribution in [-0.2, 0) is 11.2 Å². The molecule has 0 saturated heterocycles. The highest BCUT2D eigenvalue weighted by molar-refractivity contribution is 5.98. The molecule has 0 aliphatic heterocycles. The molecular formula is C16H23NO2. The van der Waals surface area contributed by atoms with Crippen LogP contribution in [0.25, 0.3) is 0 Å². The van der Waals surface area contributed by atoms with Gasteiger partial charge in [-0.25, -0.2) is 0 Å². The molecule has 3 nitrogen and oxygen atoms in total. The van der Waals surface area contributed by atoms with Gasteiger partial charge in [-0.2, -0.15) is 0 Å². The Morgan fingerprint density at radius 1 is 1.32 bits per heavy atom. The maximum absolute atomic E-state index is 12.2. The Balaban J connectivity index is 1.91. The molecule has 0 radical (unpaired) electrons. The topological polar surface area (TPSA) is 31.2 Å². The fourth-order valence-corrected chi connectivity index (χ4v) is 3.69. The molecular weight excluding hydrogens is 238 g/mol. The van der Waals surface area contributed by atoms with Crippen molar-refractivity contribution in [3.8, 4) is 0 Å². The number of aromatic nitrogens is 1. The van der Waals surface area contributed by atoms with Crippen molar-refractivity contribution in [2.45, 2.75) is 58.1 Å². The van der Waals surface area contributed by atoms with Gasteiger partial charge in [-0.15, -0.1) is 0 Å². The Morgan fingerprint density at radius 3 is 2.79 bits per heavy atom. The van der Waals surface area contributed by atoms with Crippen LogP contribution in [0, 0.1) is 5.41 Å². The standard InChI is InChI=1S/C16H23NO2/c1-16(2)9-14-13(15(18)10-16)6-7-17(14)11-4-5-12(8-11)19-3/h6-7,11-12H,4-5,8-10H2,1-3H3. The van der Waals surface area contributed by atoms with E-state index >= 15 is 0 Å². The lowest BCUT2D eigenvalue weighted by atomic mass is 9.76. The normalized spacial score (nSPS) is 29.5. The fourth-order valence-electron chi connectivity index (χ4n) is 3.69. The second-order valence-electron chi connectivity index (χ2n) is 6.85. The first-order valence-corrected chi connectivity index (χ1v) is 7.26. The summed E-state index contributed by atoms with van der Waals surface area (Å²) in [6.07, 6.45) is 7.55. The van der Waals surface area contributed by atoms with Crippen molar-refractivity contribution in [2.75, 3.05) is 7.11 Å². The van der Waals surface area contributed by atoms with Crippen molar-refractivity contribution in [1.29, 1.82) is 0 Å². The molecule has 3 rings (SSSR count). The molecule has 0 N–H and O–H groups in total. The molecule has 1 saturated carbocycles. The van der Waals surface area contributed by atoms with E-state index in [0.29, 0.717) is 24.3 Å². The van der Waals surface area contributed by atoms with Gasteiger partial charge in [0, 0.05) is 37.0 Å². The van der Waals surface area contributed by atoms with Gasteiger partial charge in [0.25, 0.3) is 0 Å². The molecule has 104 valence electrons. The van der Waals surface area contributed by atoms with E-state index in [1.165, 1.54) is 5.69 Å². The number of rotatable bonds is 2. The van der Waals surface area contributed by atoms with E-state index in [9.17, 15) is 4.79 Å². The molecule has 2 aliphatic carbocycles. The fraction of sp³-hybridized carbons (Fsp3) is 0.688. The monoisotopic (exact) mass is 261 g/mol. The van der Waals surface area contributed by atoms with Gasteiger partial charge in [-0.1, -0.05) is 13.8 Å². The third-order valence-corrected chi connectivity index (χ3v) is 4.69. The number of nitrogens with zero attached hydrogens (tertiary/aromatic N) is 1. The number of carbonyl (C=O) groups is 1. The Morgan fingerprint density at radius 2 is 2.11 bits per heavy atom. The molecule has 1 aromatic heterocycles. The number of Topliss-reactive ketones (excluding diaryl/α,β-unsaturated/α-hetero) is 1. The summed E-state index contributed by atoms with van der Waals surface area (Å²) in [5.74, 6) is 0.311. The average Bonchev–Trinajstić information content (AvgIpc) is 2.92. The summed E-state index contributed by atoms with van der Waals surface area (Å²) < 4.78 is 7.82. The lowest BCUT2D eigenvalue weighted by Gasteiger charge is -2.31. The van der Waals surface area contributed by atoms with E-state index in [-0.39, 0.29) is 5.41 Å². The summed E-state index contributed by atoms with van der Waals surface area (Å²) in [5.41, 5.74) is 2.31. The van der Waals surface area contributed by atoms with E-state index in [0.717, 1.165) is 31.2 Å². The molecule has 0 bridgehead atoms. The molecule has 0 spiro atoms. The van der Waals surface area contributed by atoms with Crippen LogP contribution in [0.5, 0.6) is 0 Å². The van der Waals surface area contributed by atoms with Crippen LogP contribution < -0.4 is 0 Å². The van der Waals surface area contributed by atoms with Crippen molar-refractivity contribution in [3.05, 3.63) is 23.5 Å². The summed E-state index contributed by atoms with van der Waals surface area (Å²) >= 11 is 0. The summed E-state index contributed by atoms with van der Waals surface area (Å²) in [5, 5.41) is 0.